The van der Waals surface area contributed by atoms with Crippen LogP contribution in [0.5, 0.6) is 0 Å². The first kappa shape index (κ1) is 15.8. The molecule has 3 heterocycles. The molecule has 0 N–H and O–H groups in total. The zero-order valence-corrected chi connectivity index (χ0v) is 13.8. The number of ether oxygens (including phenoxy) is 1. The van der Waals surface area contributed by atoms with E-state index in [1.807, 2.05) is 6.92 Å². The molecule has 23 heavy (non-hydrogen) atoms. The van der Waals surface area contributed by atoms with E-state index in [4.69, 9.17) is 9.26 Å². The van der Waals surface area contributed by atoms with E-state index in [1.54, 1.807) is 7.11 Å². The van der Waals surface area contributed by atoms with Gasteiger partial charge in [0, 0.05) is 33.3 Å². The van der Waals surface area contributed by atoms with Crippen molar-refractivity contribution in [2.75, 3.05) is 38.2 Å². The highest BCUT2D eigenvalue weighted by molar-refractivity contribution is 5.41. The summed E-state index contributed by atoms with van der Waals surface area (Å²) in [4.78, 5) is 8.88. The molecule has 0 radical (unpaired) electrons. The number of aromatic nitrogens is 4. The molecule has 3 rings (SSSR count). The van der Waals surface area contributed by atoms with Crippen LogP contribution < -0.4 is 4.90 Å². The van der Waals surface area contributed by atoms with Crippen LogP contribution >= 0.6 is 0 Å². The molecule has 124 valence electrons. The van der Waals surface area contributed by atoms with Crippen LogP contribution in [0.25, 0.3) is 0 Å². The van der Waals surface area contributed by atoms with Gasteiger partial charge in [-0.05, 0) is 25.5 Å². The van der Waals surface area contributed by atoms with E-state index in [9.17, 15) is 0 Å². The second kappa shape index (κ2) is 7.01. The molecule has 1 saturated heterocycles. The standard InChI is InChI=1S/C15H22N6O2/c1-11-8-14(18-17-12(11)2)21-6-4-20(5-7-21)9-15-16-13(10-22-3)19-23-15/h8H,4-7,9-10H2,1-3H3. The van der Waals surface area contributed by atoms with Gasteiger partial charge in [0.1, 0.15) is 6.61 Å². The summed E-state index contributed by atoms with van der Waals surface area (Å²) in [7, 11) is 1.62. The third-order valence-corrected chi connectivity index (χ3v) is 4.06. The van der Waals surface area contributed by atoms with Crippen molar-refractivity contribution in [1.29, 1.82) is 0 Å². The summed E-state index contributed by atoms with van der Waals surface area (Å²) in [5.41, 5.74) is 2.16. The van der Waals surface area contributed by atoms with Crippen molar-refractivity contribution in [3.8, 4) is 0 Å². The van der Waals surface area contributed by atoms with Gasteiger partial charge >= 0.3 is 0 Å². The van der Waals surface area contributed by atoms with E-state index < -0.39 is 0 Å². The maximum Gasteiger partial charge on any atom is 0.240 e. The van der Waals surface area contributed by atoms with Crippen LogP contribution in [0.2, 0.25) is 0 Å². The van der Waals surface area contributed by atoms with Gasteiger partial charge < -0.3 is 14.2 Å². The molecule has 8 nitrogen and oxygen atoms in total. The molecule has 1 fully saturated rings. The van der Waals surface area contributed by atoms with Gasteiger partial charge in [-0.1, -0.05) is 5.16 Å². The topological polar surface area (TPSA) is 80.4 Å². The van der Waals surface area contributed by atoms with E-state index in [-0.39, 0.29) is 0 Å². The zero-order valence-electron chi connectivity index (χ0n) is 13.8. The van der Waals surface area contributed by atoms with Gasteiger partial charge in [0.05, 0.1) is 12.2 Å². The predicted molar refractivity (Wildman–Crippen MR) is 84.0 cm³/mol. The smallest absolute Gasteiger partial charge is 0.240 e. The molecule has 0 atom stereocenters. The minimum Gasteiger partial charge on any atom is -0.377 e. The van der Waals surface area contributed by atoms with Crippen molar-refractivity contribution in [2.24, 2.45) is 0 Å². The molecule has 0 aliphatic carbocycles. The third kappa shape index (κ3) is 3.83. The van der Waals surface area contributed by atoms with E-state index in [0.717, 1.165) is 37.7 Å². The van der Waals surface area contributed by atoms with Crippen LogP contribution in [0, 0.1) is 13.8 Å². The quantitative estimate of drug-likeness (QED) is 0.806. The number of piperazine rings is 1. The zero-order chi connectivity index (χ0) is 16.2. The fourth-order valence-corrected chi connectivity index (χ4v) is 2.56. The number of rotatable bonds is 5. The number of aryl methyl sites for hydroxylation is 2. The van der Waals surface area contributed by atoms with Crippen LogP contribution in [-0.4, -0.2) is 58.5 Å². The first-order valence-corrected chi connectivity index (χ1v) is 7.74. The molecular weight excluding hydrogens is 296 g/mol. The van der Waals surface area contributed by atoms with E-state index in [2.05, 4.69) is 43.1 Å². The van der Waals surface area contributed by atoms with Gasteiger partial charge in [-0.15, -0.1) is 5.10 Å². The molecule has 2 aromatic rings. The molecule has 2 aromatic heterocycles. The van der Waals surface area contributed by atoms with Crippen molar-refractivity contribution < 1.29 is 9.26 Å². The Labute approximate surface area is 135 Å². The summed E-state index contributed by atoms with van der Waals surface area (Å²) in [6.45, 7) is 8.77. The summed E-state index contributed by atoms with van der Waals surface area (Å²) in [5, 5.41) is 12.4. The lowest BCUT2D eigenvalue weighted by Crippen LogP contribution is -2.46. The summed E-state index contributed by atoms with van der Waals surface area (Å²) in [6.07, 6.45) is 0. The normalized spacial score (nSPS) is 16.0. The molecule has 1 aliphatic heterocycles. The Morgan fingerprint density at radius 1 is 1.17 bits per heavy atom. The fraction of sp³-hybridized carbons (Fsp3) is 0.600. The summed E-state index contributed by atoms with van der Waals surface area (Å²) < 4.78 is 10.2. The Balaban J connectivity index is 1.54. The first-order valence-electron chi connectivity index (χ1n) is 7.74. The molecule has 1 aliphatic rings. The Bertz CT molecular complexity index is 651. The van der Waals surface area contributed by atoms with Crippen molar-refractivity contribution in [2.45, 2.75) is 27.0 Å². The molecular formula is C15H22N6O2. The lowest BCUT2D eigenvalue weighted by molar-refractivity contribution is 0.174. The molecule has 0 aromatic carbocycles. The van der Waals surface area contributed by atoms with Gasteiger partial charge in [-0.2, -0.15) is 10.1 Å². The highest BCUT2D eigenvalue weighted by Crippen LogP contribution is 2.16. The second-order valence-electron chi connectivity index (χ2n) is 5.77. The van der Waals surface area contributed by atoms with Crippen molar-refractivity contribution in [1.82, 2.24) is 25.2 Å². The van der Waals surface area contributed by atoms with Gasteiger partial charge in [0.25, 0.3) is 0 Å². The Kier molecular flexibility index (Phi) is 4.82. The highest BCUT2D eigenvalue weighted by atomic mass is 16.5. The second-order valence-corrected chi connectivity index (χ2v) is 5.77. The number of anilines is 1. The summed E-state index contributed by atoms with van der Waals surface area (Å²) in [5.74, 6) is 2.18. The molecule has 0 bridgehead atoms. The van der Waals surface area contributed by atoms with Crippen LogP contribution in [0.4, 0.5) is 5.82 Å². The average Bonchev–Trinajstić information content (AvgIpc) is 2.98. The number of hydrogen-bond donors (Lipinski definition) is 0. The molecule has 0 saturated carbocycles. The minimum atomic E-state index is 0.378. The maximum absolute atomic E-state index is 5.24. The van der Waals surface area contributed by atoms with E-state index in [1.165, 1.54) is 5.56 Å². The lowest BCUT2D eigenvalue weighted by Gasteiger charge is -2.34. The maximum atomic E-state index is 5.24. The van der Waals surface area contributed by atoms with Crippen molar-refractivity contribution in [3.63, 3.8) is 0 Å². The van der Waals surface area contributed by atoms with E-state index in [0.29, 0.717) is 24.9 Å². The van der Waals surface area contributed by atoms with Crippen LogP contribution in [-0.2, 0) is 17.9 Å². The monoisotopic (exact) mass is 318 g/mol. The third-order valence-electron chi connectivity index (χ3n) is 4.06. The summed E-state index contributed by atoms with van der Waals surface area (Å²) in [6, 6.07) is 2.10. The number of hydrogen-bond acceptors (Lipinski definition) is 8. The lowest BCUT2D eigenvalue weighted by atomic mass is 10.2. The SMILES string of the molecule is COCc1noc(CN2CCN(c3cc(C)c(C)nn3)CC2)n1. The Morgan fingerprint density at radius 3 is 2.65 bits per heavy atom. The van der Waals surface area contributed by atoms with Crippen LogP contribution in [0.3, 0.4) is 0 Å². The number of methoxy groups -OCH3 is 1. The van der Waals surface area contributed by atoms with Crippen LogP contribution in [0.1, 0.15) is 23.0 Å². The fourth-order valence-electron chi connectivity index (χ4n) is 2.56. The summed E-state index contributed by atoms with van der Waals surface area (Å²) >= 11 is 0. The molecule has 0 amide bonds. The molecule has 0 spiro atoms. The average molecular weight is 318 g/mol. The van der Waals surface area contributed by atoms with E-state index >= 15 is 0 Å². The largest absolute Gasteiger partial charge is 0.377 e. The Morgan fingerprint density at radius 2 is 1.96 bits per heavy atom. The van der Waals surface area contributed by atoms with Gasteiger partial charge in [-0.3, -0.25) is 4.90 Å². The number of nitrogens with zero attached hydrogens (tertiary/aromatic N) is 6. The molecule has 0 unspecified atom stereocenters. The van der Waals surface area contributed by atoms with Crippen molar-refractivity contribution in [3.05, 3.63) is 29.0 Å². The first-order chi connectivity index (χ1) is 11.2. The highest BCUT2D eigenvalue weighted by Gasteiger charge is 2.20. The molecule has 8 heteroatoms. The van der Waals surface area contributed by atoms with Crippen molar-refractivity contribution >= 4 is 5.82 Å². The minimum absolute atomic E-state index is 0.378. The van der Waals surface area contributed by atoms with Crippen LogP contribution in [0.15, 0.2) is 10.6 Å². The van der Waals surface area contributed by atoms with Gasteiger partial charge in [-0.25, -0.2) is 0 Å². The Hall–Kier alpha value is -2.06. The van der Waals surface area contributed by atoms with Gasteiger partial charge in [0.15, 0.2) is 11.6 Å². The van der Waals surface area contributed by atoms with Gasteiger partial charge in [0.2, 0.25) is 5.89 Å². The predicted octanol–water partition coefficient (Wildman–Crippen LogP) is 0.945.